The minimum absolute atomic E-state index is 0.0633. The topological polar surface area (TPSA) is 20.3 Å². The first-order valence-corrected chi connectivity index (χ1v) is 6.17. The summed E-state index contributed by atoms with van der Waals surface area (Å²) in [6.45, 7) is 7.83. The van der Waals surface area contributed by atoms with Gasteiger partial charge in [-0.05, 0) is 18.1 Å². The largest absolute Gasteiger partial charge is 0.273 e. The second kappa shape index (κ2) is 5.00. The Kier molecular flexibility index (Phi) is 4.14. The molecule has 0 saturated carbocycles. The van der Waals surface area contributed by atoms with Gasteiger partial charge in [-0.3, -0.25) is 4.79 Å². The number of carbonyl (C=O) groups excluding carboxylic acids is 1. The van der Waals surface area contributed by atoms with Gasteiger partial charge in [-0.1, -0.05) is 45.9 Å². The summed E-state index contributed by atoms with van der Waals surface area (Å²) >= 11 is 3.36. The second-order valence-corrected chi connectivity index (χ2v) is 5.53. The van der Waals surface area contributed by atoms with Gasteiger partial charge in [-0.15, -0.1) is 0 Å². The summed E-state index contributed by atoms with van der Waals surface area (Å²) in [5.41, 5.74) is 1.71. The summed E-state index contributed by atoms with van der Waals surface area (Å²) in [6.07, 6.45) is 0.912. The first-order valence-electron chi connectivity index (χ1n) is 5.46. The Hall–Kier alpha value is -0.830. The van der Waals surface area contributed by atoms with Crippen LogP contribution in [-0.2, 0) is 11.2 Å². The second-order valence-electron chi connectivity index (χ2n) is 4.82. The number of para-hydroxylation sites is 1. The molecule has 0 N–H and O–H groups in total. The van der Waals surface area contributed by atoms with E-state index < -0.39 is 0 Å². The van der Waals surface area contributed by atoms with Crippen molar-refractivity contribution >= 4 is 27.7 Å². The van der Waals surface area contributed by atoms with Crippen molar-refractivity contribution in [3.63, 3.8) is 0 Å². The third kappa shape index (κ3) is 2.85. The number of benzene rings is 1. The van der Waals surface area contributed by atoms with Crippen molar-refractivity contribution in [2.24, 2.45) is 5.41 Å². The van der Waals surface area contributed by atoms with Gasteiger partial charge in [0.1, 0.15) is 0 Å². The van der Waals surface area contributed by atoms with Gasteiger partial charge >= 0.3 is 0 Å². The molecule has 2 nitrogen and oxygen atoms in total. The van der Waals surface area contributed by atoms with E-state index in [0.29, 0.717) is 0 Å². The summed E-state index contributed by atoms with van der Waals surface area (Å²) in [5, 5.41) is 0. The lowest BCUT2D eigenvalue weighted by Crippen LogP contribution is -2.33. The molecule has 0 aliphatic carbocycles. The minimum atomic E-state index is -0.385. The van der Waals surface area contributed by atoms with Gasteiger partial charge in [0, 0.05) is 5.41 Å². The Morgan fingerprint density at radius 2 is 1.88 bits per heavy atom. The zero-order valence-electron chi connectivity index (χ0n) is 10.2. The summed E-state index contributed by atoms with van der Waals surface area (Å²) in [4.78, 5) is 12.1. The fourth-order valence-electron chi connectivity index (χ4n) is 1.41. The molecule has 1 amide bonds. The molecule has 0 spiro atoms. The first-order chi connectivity index (χ1) is 7.38. The maximum Gasteiger partial charge on any atom is 0.242 e. The van der Waals surface area contributed by atoms with Gasteiger partial charge in [0.05, 0.1) is 21.8 Å². The zero-order chi connectivity index (χ0) is 12.3. The molecule has 16 heavy (non-hydrogen) atoms. The summed E-state index contributed by atoms with van der Waals surface area (Å²) in [7, 11) is 0. The van der Waals surface area contributed by atoms with Crippen LogP contribution in [0.5, 0.6) is 0 Å². The average molecular weight is 284 g/mol. The first kappa shape index (κ1) is 13.2. The van der Waals surface area contributed by atoms with Gasteiger partial charge < -0.3 is 0 Å². The molecule has 0 atom stereocenters. The van der Waals surface area contributed by atoms with E-state index in [9.17, 15) is 4.79 Å². The van der Waals surface area contributed by atoms with Crippen molar-refractivity contribution in [3.05, 3.63) is 29.8 Å². The van der Waals surface area contributed by atoms with Crippen molar-refractivity contribution < 1.29 is 4.79 Å². The molecule has 1 aromatic rings. The Labute approximate surface area is 106 Å². The maximum atomic E-state index is 12.1. The van der Waals surface area contributed by atoms with E-state index in [2.05, 4.69) is 23.1 Å². The highest BCUT2D eigenvalue weighted by molar-refractivity contribution is 9.10. The lowest BCUT2D eigenvalue weighted by atomic mass is 9.95. The predicted octanol–water partition coefficient (Wildman–Crippen LogP) is 3.94. The maximum absolute atomic E-state index is 12.1. The number of amides is 1. The number of rotatable bonds is 2. The lowest BCUT2D eigenvalue weighted by molar-refractivity contribution is -0.124. The van der Waals surface area contributed by atoms with Gasteiger partial charge in [0.25, 0.3) is 0 Å². The lowest BCUT2D eigenvalue weighted by Gasteiger charge is -2.25. The molecule has 0 aromatic heterocycles. The monoisotopic (exact) mass is 283 g/mol. The van der Waals surface area contributed by atoms with Gasteiger partial charge in [0.15, 0.2) is 0 Å². The summed E-state index contributed by atoms with van der Waals surface area (Å²) in [5.74, 6) is 0.0633. The van der Waals surface area contributed by atoms with Crippen molar-refractivity contribution in [1.82, 2.24) is 0 Å². The standard InChI is InChI=1S/C13H18BrNO/c1-5-10-8-6-7-9-11(10)15(14)12(16)13(2,3)4/h6-9H,5H2,1-4H3. The third-order valence-corrected chi connectivity index (χ3v) is 3.11. The molecule has 0 unspecified atom stereocenters. The van der Waals surface area contributed by atoms with Gasteiger partial charge in [-0.2, -0.15) is 0 Å². The Balaban J connectivity index is 3.05. The van der Waals surface area contributed by atoms with E-state index in [1.807, 2.05) is 45.0 Å². The third-order valence-electron chi connectivity index (χ3n) is 2.40. The van der Waals surface area contributed by atoms with Gasteiger partial charge in [0.2, 0.25) is 5.91 Å². The number of halogens is 1. The SMILES string of the molecule is CCc1ccccc1N(Br)C(=O)C(C)(C)C. The van der Waals surface area contributed by atoms with Crippen LogP contribution in [0.4, 0.5) is 5.69 Å². The molecule has 0 radical (unpaired) electrons. The molecule has 3 heteroatoms. The number of nitrogens with zero attached hydrogens (tertiary/aromatic N) is 1. The normalized spacial score (nSPS) is 11.3. The average Bonchev–Trinajstić information content (AvgIpc) is 2.25. The van der Waals surface area contributed by atoms with Crippen LogP contribution in [0.15, 0.2) is 24.3 Å². The fraction of sp³-hybridized carbons (Fsp3) is 0.462. The molecule has 88 valence electrons. The van der Waals surface area contributed by atoms with E-state index in [0.717, 1.165) is 17.7 Å². The molecule has 0 bridgehead atoms. The molecule has 1 aromatic carbocycles. The summed E-state index contributed by atoms with van der Waals surface area (Å²) in [6, 6.07) is 7.93. The van der Waals surface area contributed by atoms with Crippen molar-refractivity contribution in [3.8, 4) is 0 Å². The molecule has 0 aliphatic heterocycles. The zero-order valence-corrected chi connectivity index (χ0v) is 11.8. The van der Waals surface area contributed by atoms with Crippen LogP contribution in [-0.4, -0.2) is 5.91 Å². The number of hydrogen-bond donors (Lipinski definition) is 0. The summed E-state index contributed by atoms with van der Waals surface area (Å²) < 4.78 is 1.58. The molecule has 0 heterocycles. The van der Waals surface area contributed by atoms with Crippen molar-refractivity contribution in [2.75, 3.05) is 3.93 Å². The van der Waals surface area contributed by atoms with Crippen LogP contribution in [0.1, 0.15) is 33.3 Å². The van der Waals surface area contributed by atoms with E-state index >= 15 is 0 Å². The predicted molar refractivity (Wildman–Crippen MR) is 71.7 cm³/mol. The van der Waals surface area contributed by atoms with Crippen LogP contribution in [0.3, 0.4) is 0 Å². The Bertz CT molecular complexity index is 382. The molecule has 1 rings (SSSR count). The highest BCUT2D eigenvalue weighted by atomic mass is 79.9. The van der Waals surface area contributed by atoms with E-state index in [4.69, 9.17) is 0 Å². The van der Waals surface area contributed by atoms with Crippen LogP contribution < -0.4 is 3.93 Å². The number of carbonyl (C=O) groups is 1. The molecular weight excluding hydrogens is 266 g/mol. The highest BCUT2D eigenvalue weighted by Crippen LogP contribution is 2.29. The molecular formula is C13H18BrNO. The van der Waals surface area contributed by atoms with Crippen molar-refractivity contribution in [1.29, 1.82) is 0 Å². The van der Waals surface area contributed by atoms with Crippen LogP contribution in [0.25, 0.3) is 0 Å². The van der Waals surface area contributed by atoms with Crippen LogP contribution >= 0.6 is 16.1 Å². The highest BCUT2D eigenvalue weighted by Gasteiger charge is 2.27. The smallest absolute Gasteiger partial charge is 0.242 e. The fourth-order valence-corrected chi connectivity index (χ4v) is 2.28. The number of hydrogen-bond acceptors (Lipinski definition) is 1. The van der Waals surface area contributed by atoms with Crippen LogP contribution in [0, 0.1) is 5.41 Å². The Morgan fingerprint density at radius 1 is 1.31 bits per heavy atom. The van der Waals surface area contributed by atoms with E-state index in [1.54, 1.807) is 3.93 Å². The Morgan fingerprint density at radius 3 is 2.38 bits per heavy atom. The number of aryl methyl sites for hydroxylation is 1. The number of anilines is 1. The van der Waals surface area contributed by atoms with Crippen molar-refractivity contribution in [2.45, 2.75) is 34.1 Å². The van der Waals surface area contributed by atoms with Crippen LogP contribution in [0.2, 0.25) is 0 Å². The quantitative estimate of drug-likeness (QED) is 0.753. The van der Waals surface area contributed by atoms with Gasteiger partial charge in [-0.25, -0.2) is 3.93 Å². The molecule has 0 aliphatic rings. The molecule has 0 fully saturated rings. The van der Waals surface area contributed by atoms with E-state index in [-0.39, 0.29) is 11.3 Å². The molecule has 0 saturated heterocycles. The minimum Gasteiger partial charge on any atom is -0.273 e. The van der Waals surface area contributed by atoms with E-state index in [1.165, 1.54) is 0 Å².